The van der Waals surface area contributed by atoms with Gasteiger partial charge in [-0.05, 0) is 13.8 Å². The van der Waals surface area contributed by atoms with E-state index in [1.54, 1.807) is 0 Å². The van der Waals surface area contributed by atoms with Gasteiger partial charge in [-0.25, -0.2) is 0 Å². The zero-order valence-electron chi connectivity index (χ0n) is 8.83. The molecule has 0 atom stereocenters. The van der Waals surface area contributed by atoms with Crippen LogP contribution in [-0.4, -0.2) is 9.85 Å². The van der Waals surface area contributed by atoms with Crippen LogP contribution in [0, 0.1) is 39.5 Å². The lowest BCUT2D eigenvalue weighted by Crippen LogP contribution is -2.06. The van der Waals surface area contributed by atoms with Crippen LogP contribution in [0.5, 0.6) is 5.75 Å². The van der Waals surface area contributed by atoms with E-state index in [1.807, 2.05) is 0 Å². The number of hydrogen-bond donors (Lipinski definition) is 0. The predicted octanol–water partition coefficient (Wildman–Crippen LogP) is 1.68. The van der Waals surface area contributed by atoms with Crippen molar-refractivity contribution in [1.29, 1.82) is 5.39 Å². The molecular formula is C8H6N4O5. The quantitative estimate of drug-likeness (QED) is 0.436. The first-order chi connectivity index (χ1) is 7.82. The summed E-state index contributed by atoms with van der Waals surface area (Å²) < 4.78 is 0. The molecule has 0 unspecified atom stereocenters. The Hall–Kier alpha value is -2.76. The molecule has 1 aromatic carbocycles. The second-order valence-electron chi connectivity index (χ2n) is 3.24. The van der Waals surface area contributed by atoms with Gasteiger partial charge in [-0.1, -0.05) is 0 Å². The Morgan fingerprint density at radius 1 is 1.06 bits per heavy atom. The zero-order chi connectivity index (χ0) is 13.3. The van der Waals surface area contributed by atoms with Crippen molar-refractivity contribution >= 4 is 17.1 Å². The van der Waals surface area contributed by atoms with Crippen molar-refractivity contribution in [2.45, 2.75) is 13.8 Å². The Labute approximate surface area is 94.2 Å². The number of diazo groups is 1. The Bertz CT molecular complexity index is 533. The number of benzene rings is 1. The van der Waals surface area contributed by atoms with Crippen LogP contribution in [0.2, 0.25) is 0 Å². The summed E-state index contributed by atoms with van der Waals surface area (Å²) in [5.74, 6) is -1.29. The molecule has 0 bridgehead atoms. The molecule has 0 aliphatic carbocycles. The number of nitrogens with zero attached hydrogens (tertiary/aromatic N) is 4. The number of nitro groups is 2. The van der Waals surface area contributed by atoms with Gasteiger partial charge >= 0.3 is 5.69 Å². The molecule has 0 spiro atoms. The molecule has 9 nitrogen and oxygen atoms in total. The molecule has 0 saturated heterocycles. The summed E-state index contributed by atoms with van der Waals surface area (Å²) in [6.07, 6.45) is 0. The molecule has 17 heavy (non-hydrogen) atoms. The van der Waals surface area contributed by atoms with Gasteiger partial charge < -0.3 is 5.11 Å². The van der Waals surface area contributed by atoms with Gasteiger partial charge in [0.05, 0.1) is 15.6 Å². The van der Waals surface area contributed by atoms with Gasteiger partial charge in [0.25, 0.3) is 11.4 Å². The molecule has 0 saturated carbocycles. The van der Waals surface area contributed by atoms with Crippen LogP contribution >= 0.6 is 0 Å². The van der Waals surface area contributed by atoms with E-state index in [-0.39, 0.29) is 16.8 Å². The molecule has 0 fully saturated rings. The molecule has 0 amide bonds. The summed E-state index contributed by atoms with van der Waals surface area (Å²) in [5, 5.41) is 41.5. The first-order valence-electron chi connectivity index (χ1n) is 4.31. The monoisotopic (exact) mass is 238 g/mol. The molecule has 9 heteroatoms. The van der Waals surface area contributed by atoms with Crippen LogP contribution in [0.25, 0.3) is 4.98 Å². The minimum Gasteiger partial charge on any atom is -0.863 e. The minimum atomic E-state index is -1.29. The van der Waals surface area contributed by atoms with Crippen molar-refractivity contribution in [3.05, 3.63) is 36.3 Å². The van der Waals surface area contributed by atoms with Crippen molar-refractivity contribution < 1.29 is 15.0 Å². The summed E-state index contributed by atoms with van der Waals surface area (Å²) in [6.45, 7) is 2.37. The molecule has 0 aromatic heterocycles. The third kappa shape index (κ3) is 1.71. The number of hydrogen-bond acceptors (Lipinski definition) is 6. The molecule has 0 radical (unpaired) electrons. The highest BCUT2D eigenvalue weighted by Gasteiger charge is 2.34. The van der Waals surface area contributed by atoms with Crippen molar-refractivity contribution in [2.75, 3.05) is 0 Å². The van der Waals surface area contributed by atoms with E-state index in [0.29, 0.717) is 0 Å². The first kappa shape index (κ1) is 12.3. The smallest absolute Gasteiger partial charge is 0.404 e. The predicted molar refractivity (Wildman–Crippen MR) is 53.4 cm³/mol. The van der Waals surface area contributed by atoms with Gasteiger partial charge in [-0.3, -0.25) is 20.2 Å². The van der Waals surface area contributed by atoms with Crippen LogP contribution in [-0.2, 0) is 0 Å². The average molecular weight is 238 g/mol. The maximum Gasteiger partial charge on any atom is 0.404 e. The minimum absolute atomic E-state index is 0.203. The molecule has 0 heterocycles. The Kier molecular flexibility index (Phi) is 2.90. The maximum absolute atomic E-state index is 11.6. The standard InChI is InChI=1S/C8H6N4O5/c1-3-5(10-9)4(2)7(12(16)17)8(13)6(3)11(14)15/h1-2H3. The van der Waals surface area contributed by atoms with E-state index in [9.17, 15) is 25.3 Å². The summed E-state index contributed by atoms with van der Waals surface area (Å²) in [5.41, 5.74) is -2.63. The average Bonchev–Trinajstić information content (AvgIpc) is 2.16. The van der Waals surface area contributed by atoms with Crippen LogP contribution in [0.1, 0.15) is 11.1 Å². The van der Waals surface area contributed by atoms with Crippen LogP contribution in [0.3, 0.4) is 0 Å². The Morgan fingerprint density at radius 2 is 1.41 bits per heavy atom. The van der Waals surface area contributed by atoms with Crippen LogP contribution < -0.4 is 5.11 Å². The second kappa shape index (κ2) is 4.01. The van der Waals surface area contributed by atoms with E-state index in [4.69, 9.17) is 5.39 Å². The number of rotatable bonds is 2. The third-order valence-corrected chi connectivity index (χ3v) is 2.32. The van der Waals surface area contributed by atoms with Gasteiger partial charge in [-0.2, -0.15) is 0 Å². The van der Waals surface area contributed by atoms with Crippen molar-refractivity contribution in [2.24, 2.45) is 0 Å². The summed E-state index contributed by atoms with van der Waals surface area (Å²) in [7, 11) is 0. The van der Waals surface area contributed by atoms with Gasteiger partial charge in [-0.15, -0.1) is 0 Å². The fraction of sp³-hybridized carbons (Fsp3) is 0.250. The Balaban J connectivity index is 3.91. The van der Waals surface area contributed by atoms with E-state index < -0.39 is 27.0 Å². The van der Waals surface area contributed by atoms with Crippen molar-refractivity contribution in [3.8, 4) is 5.75 Å². The SMILES string of the molecule is Cc1c([N+]#N)c(C)c([N+](=O)[O-])c([O-])c1[N+](=O)[O-]. The van der Waals surface area contributed by atoms with Gasteiger partial charge in [0.1, 0.15) is 11.1 Å². The molecular weight excluding hydrogens is 232 g/mol. The fourth-order valence-electron chi connectivity index (χ4n) is 1.55. The Morgan fingerprint density at radius 3 is 1.65 bits per heavy atom. The summed E-state index contributed by atoms with van der Waals surface area (Å²) >= 11 is 0. The van der Waals surface area contributed by atoms with Crippen molar-refractivity contribution in [1.82, 2.24) is 0 Å². The lowest BCUT2D eigenvalue weighted by Gasteiger charge is -2.09. The normalized spacial score (nSPS) is 9.71. The van der Waals surface area contributed by atoms with E-state index in [2.05, 4.69) is 4.98 Å². The highest BCUT2D eigenvalue weighted by molar-refractivity contribution is 5.78. The lowest BCUT2D eigenvalue weighted by molar-refractivity contribution is -0.416. The second-order valence-corrected chi connectivity index (χ2v) is 3.24. The molecule has 1 aromatic rings. The van der Waals surface area contributed by atoms with Crippen LogP contribution in [0.4, 0.5) is 17.1 Å². The lowest BCUT2D eigenvalue weighted by atomic mass is 10.0. The fourth-order valence-corrected chi connectivity index (χ4v) is 1.55. The van der Waals surface area contributed by atoms with Crippen LogP contribution in [0.15, 0.2) is 0 Å². The maximum atomic E-state index is 11.6. The van der Waals surface area contributed by atoms with Gasteiger partial charge in [0.2, 0.25) is 5.39 Å². The molecule has 0 aliphatic rings. The highest BCUT2D eigenvalue weighted by Crippen LogP contribution is 2.45. The van der Waals surface area contributed by atoms with Crippen molar-refractivity contribution in [3.63, 3.8) is 0 Å². The highest BCUT2D eigenvalue weighted by atomic mass is 16.6. The molecule has 88 valence electrons. The summed E-state index contributed by atoms with van der Waals surface area (Å²) in [4.78, 5) is 22.0. The molecule has 0 N–H and O–H groups in total. The topological polar surface area (TPSA) is 137 Å². The third-order valence-electron chi connectivity index (χ3n) is 2.32. The molecule has 1 rings (SSSR count). The van der Waals surface area contributed by atoms with E-state index >= 15 is 0 Å². The number of nitro benzene ring substituents is 2. The largest absolute Gasteiger partial charge is 0.863 e. The van der Waals surface area contributed by atoms with Gasteiger partial charge in [0.15, 0.2) is 4.98 Å². The van der Waals surface area contributed by atoms with E-state index in [1.165, 1.54) is 13.8 Å². The molecule has 0 aliphatic heterocycles. The summed E-state index contributed by atoms with van der Waals surface area (Å²) in [6, 6.07) is 0. The zero-order valence-corrected chi connectivity index (χ0v) is 8.83. The van der Waals surface area contributed by atoms with E-state index in [0.717, 1.165) is 0 Å². The first-order valence-corrected chi connectivity index (χ1v) is 4.31. The van der Waals surface area contributed by atoms with Gasteiger partial charge in [0, 0.05) is 0 Å².